The molecule has 3 rings (SSSR count). The molecule has 2 heterocycles. The van der Waals surface area contributed by atoms with E-state index in [-0.39, 0.29) is 0 Å². The minimum absolute atomic E-state index is 0.353. The molecule has 0 spiro atoms. The Morgan fingerprint density at radius 2 is 2.11 bits per heavy atom. The SMILES string of the molecule is NC(=O)c1c[nH+]c(N)c2c1[nH]c1c(Cl)cccc12. The number of anilines is 1. The van der Waals surface area contributed by atoms with Crippen LogP contribution in [-0.2, 0) is 0 Å². The lowest BCUT2D eigenvalue weighted by atomic mass is 10.1. The van der Waals surface area contributed by atoms with Crippen LogP contribution in [-0.4, -0.2) is 10.9 Å². The molecule has 3 aromatic rings. The Bertz CT molecular complexity index is 793. The highest BCUT2D eigenvalue weighted by atomic mass is 35.5. The summed E-state index contributed by atoms with van der Waals surface area (Å²) in [6.07, 6.45) is 1.49. The number of amides is 1. The first-order chi connectivity index (χ1) is 8.59. The van der Waals surface area contributed by atoms with Crippen LogP contribution in [0.2, 0.25) is 5.02 Å². The standard InChI is InChI=1S/C12H9ClN4O/c13-7-3-1-2-5-8-10(17-9(5)7)6(12(15)18)4-16-11(8)14/h1-4,17H,(H2,14,16)(H2,15,18)/p+1. The Hall–Kier alpha value is -2.27. The van der Waals surface area contributed by atoms with Gasteiger partial charge in [0.15, 0.2) is 0 Å². The average Bonchev–Trinajstić information content (AvgIpc) is 2.70. The molecule has 5 nitrogen and oxygen atoms in total. The maximum atomic E-state index is 11.4. The van der Waals surface area contributed by atoms with Gasteiger partial charge in [0.05, 0.1) is 21.4 Å². The fourth-order valence-corrected chi connectivity index (χ4v) is 2.37. The van der Waals surface area contributed by atoms with Crippen molar-refractivity contribution in [1.82, 2.24) is 4.98 Å². The third kappa shape index (κ3) is 1.34. The number of nitrogens with one attached hydrogen (secondary N) is 2. The Kier molecular flexibility index (Phi) is 2.18. The molecule has 2 aromatic heterocycles. The minimum Gasteiger partial charge on any atom is -0.365 e. The monoisotopic (exact) mass is 261 g/mol. The number of fused-ring (bicyclic) bond motifs is 3. The summed E-state index contributed by atoms with van der Waals surface area (Å²) in [4.78, 5) is 17.3. The lowest BCUT2D eigenvalue weighted by Gasteiger charge is -1.96. The summed E-state index contributed by atoms with van der Waals surface area (Å²) in [6.45, 7) is 0. The minimum atomic E-state index is -0.529. The summed E-state index contributed by atoms with van der Waals surface area (Å²) in [5.41, 5.74) is 12.9. The molecule has 0 aliphatic heterocycles. The predicted octanol–water partition coefficient (Wildman–Crippen LogP) is 1.47. The molecule has 0 radical (unpaired) electrons. The van der Waals surface area contributed by atoms with E-state index in [0.29, 0.717) is 21.9 Å². The largest absolute Gasteiger partial charge is 0.365 e. The molecule has 6 heteroatoms. The first-order valence-corrected chi connectivity index (χ1v) is 5.67. The van der Waals surface area contributed by atoms with Crippen LogP contribution in [0, 0.1) is 0 Å². The second-order valence-corrected chi connectivity index (χ2v) is 4.42. The van der Waals surface area contributed by atoms with Gasteiger partial charge < -0.3 is 10.7 Å². The van der Waals surface area contributed by atoms with Crippen LogP contribution in [0.5, 0.6) is 0 Å². The number of halogens is 1. The number of carbonyl (C=O) groups excluding carboxylic acids is 1. The zero-order valence-electron chi connectivity index (χ0n) is 9.25. The van der Waals surface area contributed by atoms with Gasteiger partial charge >= 0.3 is 0 Å². The van der Waals surface area contributed by atoms with Crippen LogP contribution in [0.15, 0.2) is 24.4 Å². The van der Waals surface area contributed by atoms with Crippen molar-refractivity contribution >= 4 is 45.1 Å². The van der Waals surface area contributed by atoms with Crippen molar-refractivity contribution in [2.45, 2.75) is 0 Å². The summed E-state index contributed by atoms with van der Waals surface area (Å²) in [5, 5.41) is 2.15. The molecule has 90 valence electrons. The summed E-state index contributed by atoms with van der Waals surface area (Å²) in [7, 11) is 0. The number of nitrogen functional groups attached to an aromatic ring is 1. The number of hydrogen-bond donors (Lipinski definition) is 3. The van der Waals surface area contributed by atoms with E-state index >= 15 is 0 Å². The molecule has 1 aromatic carbocycles. The van der Waals surface area contributed by atoms with E-state index in [1.807, 2.05) is 12.1 Å². The Morgan fingerprint density at radius 3 is 2.83 bits per heavy atom. The highest BCUT2D eigenvalue weighted by Gasteiger charge is 2.18. The molecule has 0 saturated heterocycles. The van der Waals surface area contributed by atoms with Crippen molar-refractivity contribution in [3.8, 4) is 0 Å². The van der Waals surface area contributed by atoms with E-state index in [4.69, 9.17) is 23.1 Å². The van der Waals surface area contributed by atoms with Gasteiger partial charge in [-0.1, -0.05) is 23.7 Å². The zero-order valence-corrected chi connectivity index (χ0v) is 10.0. The lowest BCUT2D eigenvalue weighted by Crippen LogP contribution is -2.18. The van der Waals surface area contributed by atoms with Crippen LogP contribution in [0.25, 0.3) is 21.8 Å². The van der Waals surface area contributed by atoms with Gasteiger partial charge in [-0.2, -0.15) is 0 Å². The fraction of sp³-hybridized carbons (Fsp3) is 0. The van der Waals surface area contributed by atoms with E-state index in [0.717, 1.165) is 16.3 Å². The summed E-state index contributed by atoms with van der Waals surface area (Å²) in [6, 6.07) is 5.48. The number of aromatic nitrogens is 2. The lowest BCUT2D eigenvalue weighted by molar-refractivity contribution is -0.358. The van der Waals surface area contributed by atoms with Crippen molar-refractivity contribution in [2.24, 2.45) is 5.73 Å². The van der Waals surface area contributed by atoms with Crippen molar-refractivity contribution in [3.05, 3.63) is 35.0 Å². The van der Waals surface area contributed by atoms with Crippen molar-refractivity contribution < 1.29 is 9.78 Å². The van der Waals surface area contributed by atoms with E-state index < -0.39 is 5.91 Å². The van der Waals surface area contributed by atoms with Crippen LogP contribution in [0.3, 0.4) is 0 Å². The Morgan fingerprint density at radius 1 is 1.33 bits per heavy atom. The number of H-pyrrole nitrogens is 2. The van der Waals surface area contributed by atoms with Gasteiger partial charge in [0.1, 0.15) is 11.8 Å². The normalized spacial score (nSPS) is 11.2. The van der Waals surface area contributed by atoms with Gasteiger partial charge in [-0.05, 0) is 6.07 Å². The van der Waals surface area contributed by atoms with Crippen LogP contribution in [0.1, 0.15) is 10.4 Å². The van der Waals surface area contributed by atoms with E-state index in [2.05, 4.69) is 9.97 Å². The molecule has 0 unspecified atom stereocenters. The van der Waals surface area contributed by atoms with Gasteiger partial charge in [0.25, 0.3) is 11.7 Å². The number of aromatic amines is 2. The molecule has 0 saturated carbocycles. The van der Waals surface area contributed by atoms with Crippen molar-refractivity contribution in [3.63, 3.8) is 0 Å². The number of carbonyl (C=O) groups is 1. The topological polar surface area (TPSA) is 99.0 Å². The van der Waals surface area contributed by atoms with Crippen molar-refractivity contribution in [1.29, 1.82) is 0 Å². The van der Waals surface area contributed by atoms with Gasteiger partial charge in [0, 0.05) is 5.39 Å². The second-order valence-electron chi connectivity index (χ2n) is 4.02. The molecule has 0 aliphatic carbocycles. The fourth-order valence-electron chi connectivity index (χ4n) is 2.15. The molecular formula is C12H10ClN4O+. The van der Waals surface area contributed by atoms with Gasteiger partial charge in [-0.15, -0.1) is 0 Å². The van der Waals surface area contributed by atoms with Gasteiger partial charge in [-0.25, -0.2) is 4.98 Å². The third-order valence-electron chi connectivity index (χ3n) is 2.96. The zero-order chi connectivity index (χ0) is 12.9. The Labute approximate surface area is 107 Å². The number of para-hydroxylation sites is 1. The molecule has 0 fully saturated rings. The predicted molar refractivity (Wildman–Crippen MR) is 70.3 cm³/mol. The number of pyridine rings is 1. The molecule has 0 aliphatic rings. The van der Waals surface area contributed by atoms with Gasteiger partial charge in [-0.3, -0.25) is 10.5 Å². The van der Waals surface area contributed by atoms with Gasteiger partial charge in [0.2, 0.25) is 0 Å². The Balaban J connectivity index is 2.60. The van der Waals surface area contributed by atoms with E-state index in [1.165, 1.54) is 6.20 Å². The number of rotatable bonds is 1. The highest BCUT2D eigenvalue weighted by Crippen LogP contribution is 2.32. The molecule has 0 bridgehead atoms. The smallest absolute Gasteiger partial charge is 0.280 e. The summed E-state index contributed by atoms with van der Waals surface area (Å²) in [5.74, 6) is -0.0672. The molecule has 0 atom stereocenters. The molecular weight excluding hydrogens is 252 g/mol. The first-order valence-electron chi connectivity index (χ1n) is 5.29. The number of primary amides is 1. The quantitative estimate of drug-likeness (QED) is 0.618. The van der Waals surface area contributed by atoms with E-state index in [9.17, 15) is 4.79 Å². The molecule has 18 heavy (non-hydrogen) atoms. The number of hydrogen-bond acceptors (Lipinski definition) is 2. The van der Waals surface area contributed by atoms with Crippen LogP contribution < -0.4 is 16.5 Å². The van der Waals surface area contributed by atoms with Crippen LogP contribution in [0.4, 0.5) is 5.82 Å². The average molecular weight is 262 g/mol. The third-order valence-corrected chi connectivity index (χ3v) is 3.27. The number of benzene rings is 1. The molecule has 6 N–H and O–H groups in total. The first kappa shape index (κ1) is 10.9. The summed E-state index contributed by atoms with van der Waals surface area (Å²) >= 11 is 6.11. The number of nitrogens with two attached hydrogens (primary N) is 2. The van der Waals surface area contributed by atoms with Crippen LogP contribution >= 0.6 is 11.6 Å². The van der Waals surface area contributed by atoms with Crippen molar-refractivity contribution in [2.75, 3.05) is 5.73 Å². The highest BCUT2D eigenvalue weighted by molar-refractivity contribution is 6.36. The molecule has 1 amide bonds. The maximum absolute atomic E-state index is 11.4. The summed E-state index contributed by atoms with van der Waals surface area (Å²) < 4.78 is 0. The second kappa shape index (κ2) is 3.61. The maximum Gasteiger partial charge on any atom is 0.280 e. The van der Waals surface area contributed by atoms with E-state index in [1.54, 1.807) is 6.07 Å².